The number of aromatic nitrogens is 2. The summed E-state index contributed by atoms with van der Waals surface area (Å²) in [4.78, 5) is 60.6. The van der Waals surface area contributed by atoms with Crippen LogP contribution in [0.25, 0.3) is 0 Å². The zero-order chi connectivity index (χ0) is 27.3. The molecule has 0 aliphatic heterocycles. The van der Waals surface area contributed by atoms with E-state index < -0.39 is 54.5 Å². The molecule has 0 saturated heterocycles. The summed E-state index contributed by atoms with van der Waals surface area (Å²) in [5.41, 5.74) is 16.7. The molecular weight excluding hydrogens is 474 g/mol. The number of aliphatic carboxylic acids is 1. The molecule has 12 N–H and O–H groups in total. The third-order valence-corrected chi connectivity index (χ3v) is 5.50. The highest BCUT2D eigenvalue weighted by atomic mass is 16.4. The van der Waals surface area contributed by atoms with Crippen LogP contribution in [0.5, 0.6) is 0 Å². The standard InChI is InChI=1S/C21H37N9O6/c1-3-11(2)16(30-17(32)13(22)9-31)19(34)28-14(5-4-6-26-21(23)24)18(33)29-15(20(35)36)7-12-8-25-10-27-12/h8,10-11,13-16,31H,3-7,9,22H2,1-2H3,(H,25,27)(H,28,34)(H,29,33)(H,30,32)(H,35,36)(H4,23,24,26). The molecule has 202 valence electrons. The number of H-pyrrole nitrogens is 1. The molecule has 0 aromatic carbocycles. The average molecular weight is 512 g/mol. The molecule has 0 spiro atoms. The van der Waals surface area contributed by atoms with Crippen LogP contribution in [0.2, 0.25) is 0 Å². The van der Waals surface area contributed by atoms with Gasteiger partial charge in [-0.1, -0.05) is 20.3 Å². The van der Waals surface area contributed by atoms with Crippen molar-refractivity contribution in [2.24, 2.45) is 28.1 Å². The van der Waals surface area contributed by atoms with E-state index in [9.17, 15) is 24.3 Å². The summed E-state index contributed by atoms with van der Waals surface area (Å²) in [5, 5.41) is 26.2. The minimum absolute atomic E-state index is 0.0552. The molecule has 1 rings (SSSR count). The number of nitrogens with zero attached hydrogens (tertiary/aromatic N) is 2. The Morgan fingerprint density at radius 1 is 1.11 bits per heavy atom. The fraction of sp³-hybridized carbons (Fsp3) is 0.619. The summed E-state index contributed by atoms with van der Waals surface area (Å²) in [6.07, 6.45) is 3.66. The first-order valence-corrected chi connectivity index (χ1v) is 11.5. The van der Waals surface area contributed by atoms with E-state index in [4.69, 9.17) is 22.3 Å². The number of aliphatic hydroxyl groups is 1. The quantitative estimate of drug-likeness (QED) is 0.0613. The number of rotatable bonds is 16. The highest BCUT2D eigenvalue weighted by Crippen LogP contribution is 2.10. The number of hydrogen-bond acceptors (Lipinski definition) is 8. The number of carboxylic acid groups (broad SMARTS) is 1. The fourth-order valence-electron chi connectivity index (χ4n) is 3.17. The lowest BCUT2D eigenvalue weighted by Gasteiger charge is -2.27. The van der Waals surface area contributed by atoms with Crippen LogP contribution >= 0.6 is 0 Å². The normalized spacial score (nSPS) is 15.0. The van der Waals surface area contributed by atoms with Gasteiger partial charge in [0.25, 0.3) is 0 Å². The van der Waals surface area contributed by atoms with Gasteiger partial charge in [0.1, 0.15) is 24.2 Å². The number of carbonyl (C=O) groups is 4. The van der Waals surface area contributed by atoms with Crippen molar-refractivity contribution < 1.29 is 29.4 Å². The van der Waals surface area contributed by atoms with Crippen LogP contribution in [0, 0.1) is 5.92 Å². The van der Waals surface area contributed by atoms with Gasteiger partial charge in [-0.15, -0.1) is 0 Å². The Bertz CT molecular complexity index is 888. The van der Waals surface area contributed by atoms with Crippen LogP contribution in [-0.4, -0.2) is 87.2 Å². The van der Waals surface area contributed by atoms with Gasteiger partial charge in [-0.3, -0.25) is 19.4 Å². The van der Waals surface area contributed by atoms with Crippen molar-refractivity contribution in [3.8, 4) is 0 Å². The van der Waals surface area contributed by atoms with E-state index in [0.717, 1.165) is 0 Å². The number of aliphatic imine (C=N–C) groups is 1. The lowest BCUT2D eigenvalue weighted by atomic mass is 9.97. The number of hydrogen-bond donors (Lipinski definition) is 9. The van der Waals surface area contributed by atoms with E-state index in [0.29, 0.717) is 18.5 Å². The predicted octanol–water partition coefficient (Wildman–Crippen LogP) is -3.09. The summed E-state index contributed by atoms with van der Waals surface area (Å²) in [6.45, 7) is 3.11. The summed E-state index contributed by atoms with van der Waals surface area (Å²) < 4.78 is 0. The van der Waals surface area contributed by atoms with Crippen LogP contribution < -0.4 is 33.2 Å². The van der Waals surface area contributed by atoms with E-state index in [1.165, 1.54) is 12.5 Å². The van der Waals surface area contributed by atoms with E-state index in [-0.39, 0.29) is 31.3 Å². The van der Waals surface area contributed by atoms with Gasteiger partial charge in [0.05, 0.1) is 12.9 Å². The first kappa shape index (κ1) is 30.3. The summed E-state index contributed by atoms with van der Waals surface area (Å²) in [5.74, 6) is -3.86. The Morgan fingerprint density at radius 3 is 2.31 bits per heavy atom. The molecule has 15 nitrogen and oxygen atoms in total. The third kappa shape index (κ3) is 10.3. The van der Waals surface area contributed by atoms with Gasteiger partial charge < -0.3 is 48.3 Å². The second kappa shape index (κ2) is 15.3. The molecule has 15 heteroatoms. The molecule has 3 amide bonds. The number of nitrogens with one attached hydrogen (secondary N) is 4. The summed E-state index contributed by atoms with van der Waals surface area (Å²) in [7, 11) is 0. The molecule has 0 saturated carbocycles. The van der Waals surface area contributed by atoms with Crippen LogP contribution in [0.15, 0.2) is 17.5 Å². The van der Waals surface area contributed by atoms with Crippen molar-refractivity contribution in [1.82, 2.24) is 25.9 Å². The largest absolute Gasteiger partial charge is 0.480 e. The van der Waals surface area contributed by atoms with Crippen LogP contribution in [0.3, 0.4) is 0 Å². The van der Waals surface area contributed by atoms with Gasteiger partial charge in [0.15, 0.2) is 5.96 Å². The number of carboxylic acids is 1. The lowest BCUT2D eigenvalue weighted by Crippen LogP contribution is -2.59. The van der Waals surface area contributed by atoms with E-state index in [2.05, 4.69) is 30.9 Å². The Morgan fingerprint density at radius 2 is 1.78 bits per heavy atom. The Kier molecular flexibility index (Phi) is 12.9. The number of amides is 3. The van der Waals surface area contributed by atoms with Crippen LogP contribution in [0.4, 0.5) is 0 Å². The second-order valence-electron chi connectivity index (χ2n) is 8.35. The second-order valence-corrected chi connectivity index (χ2v) is 8.35. The monoisotopic (exact) mass is 511 g/mol. The molecular formula is C21H37N9O6. The number of nitrogens with two attached hydrogens (primary N) is 3. The van der Waals surface area contributed by atoms with Crippen molar-refractivity contribution >= 4 is 29.7 Å². The zero-order valence-electron chi connectivity index (χ0n) is 20.4. The van der Waals surface area contributed by atoms with Crippen LogP contribution in [0.1, 0.15) is 38.8 Å². The minimum Gasteiger partial charge on any atom is -0.480 e. The topological polar surface area (TPSA) is 264 Å². The van der Waals surface area contributed by atoms with Gasteiger partial charge in [-0.25, -0.2) is 9.78 Å². The third-order valence-electron chi connectivity index (χ3n) is 5.50. The predicted molar refractivity (Wildman–Crippen MR) is 130 cm³/mol. The molecule has 1 heterocycles. The number of aromatic amines is 1. The average Bonchev–Trinajstić information content (AvgIpc) is 3.35. The maximum Gasteiger partial charge on any atom is 0.326 e. The molecule has 1 aromatic heterocycles. The number of imidazole rings is 1. The Hall–Kier alpha value is -3.72. The molecule has 36 heavy (non-hydrogen) atoms. The van der Waals surface area contributed by atoms with Crippen LogP contribution in [-0.2, 0) is 25.6 Å². The first-order chi connectivity index (χ1) is 17.0. The van der Waals surface area contributed by atoms with Crippen molar-refractivity contribution in [2.75, 3.05) is 13.2 Å². The van der Waals surface area contributed by atoms with Crippen molar-refractivity contribution in [3.63, 3.8) is 0 Å². The summed E-state index contributed by atoms with van der Waals surface area (Å²) in [6, 6.07) is -4.71. The van der Waals surface area contributed by atoms with Gasteiger partial charge in [-0.2, -0.15) is 0 Å². The van der Waals surface area contributed by atoms with Crippen molar-refractivity contribution in [1.29, 1.82) is 0 Å². The molecule has 0 radical (unpaired) electrons. The molecule has 5 unspecified atom stereocenters. The van der Waals surface area contributed by atoms with Gasteiger partial charge in [0, 0.05) is 24.9 Å². The van der Waals surface area contributed by atoms with Crippen molar-refractivity contribution in [2.45, 2.75) is 63.7 Å². The zero-order valence-corrected chi connectivity index (χ0v) is 20.4. The first-order valence-electron chi connectivity index (χ1n) is 11.5. The molecule has 0 bridgehead atoms. The number of aliphatic hydroxyl groups excluding tert-OH is 1. The number of guanidine groups is 1. The van der Waals surface area contributed by atoms with E-state index >= 15 is 0 Å². The minimum atomic E-state index is -1.29. The van der Waals surface area contributed by atoms with Crippen molar-refractivity contribution in [3.05, 3.63) is 18.2 Å². The maximum atomic E-state index is 13.1. The summed E-state index contributed by atoms with van der Waals surface area (Å²) >= 11 is 0. The maximum absolute atomic E-state index is 13.1. The smallest absolute Gasteiger partial charge is 0.326 e. The van der Waals surface area contributed by atoms with Gasteiger partial charge in [-0.05, 0) is 18.8 Å². The fourth-order valence-corrected chi connectivity index (χ4v) is 3.17. The Labute approximate surface area is 208 Å². The Balaban J connectivity index is 3.05. The van der Waals surface area contributed by atoms with Gasteiger partial charge in [0.2, 0.25) is 17.7 Å². The molecule has 0 aliphatic carbocycles. The number of carbonyl (C=O) groups excluding carboxylic acids is 3. The molecule has 0 fully saturated rings. The van der Waals surface area contributed by atoms with E-state index in [1.807, 2.05) is 6.92 Å². The lowest BCUT2D eigenvalue weighted by molar-refractivity contribution is -0.142. The molecule has 5 atom stereocenters. The van der Waals surface area contributed by atoms with Gasteiger partial charge >= 0.3 is 5.97 Å². The highest BCUT2D eigenvalue weighted by Gasteiger charge is 2.32. The van der Waals surface area contributed by atoms with E-state index in [1.54, 1.807) is 6.92 Å². The highest BCUT2D eigenvalue weighted by molar-refractivity contribution is 5.94. The molecule has 1 aromatic rings. The SMILES string of the molecule is CCC(C)C(NC(=O)C(N)CO)C(=O)NC(CCCN=C(N)N)C(=O)NC(Cc1cnc[nH]1)C(=O)O. The molecule has 0 aliphatic rings.